The maximum absolute atomic E-state index is 7.23. The van der Waals surface area contributed by atoms with E-state index in [9.17, 15) is 0 Å². The minimum Gasteiger partial charge on any atom is -0.501 e. The van der Waals surface area contributed by atoms with Gasteiger partial charge in [-0.25, -0.2) is 4.98 Å². The topological polar surface area (TPSA) is 56.7 Å². The molecule has 0 fully saturated rings. The van der Waals surface area contributed by atoms with E-state index in [4.69, 9.17) is 13.5 Å². The fraction of sp³-hybridized carbons (Fsp3) is 0.0889. The first-order chi connectivity index (χ1) is 25.7. The molecule has 1 radical (unpaired) electrons. The van der Waals surface area contributed by atoms with Crippen LogP contribution in [0.5, 0.6) is 0 Å². The Balaban J connectivity index is 0.000000223. The van der Waals surface area contributed by atoms with E-state index < -0.39 is 6.85 Å². The van der Waals surface area contributed by atoms with Crippen molar-refractivity contribution in [3.63, 3.8) is 0 Å². The Labute approximate surface area is 315 Å². The molecule has 0 N–H and O–H groups in total. The first-order valence-electron chi connectivity index (χ1n) is 18.0. The van der Waals surface area contributed by atoms with Crippen molar-refractivity contribution in [3.8, 4) is 39.6 Å². The summed E-state index contributed by atoms with van der Waals surface area (Å²) in [7, 11) is 0. The fourth-order valence-electron chi connectivity index (χ4n) is 6.17. The molecular formula is C45H34IrN4O-2. The van der Waals surface area contributed by atoms with Crippen LogP contribution in [0.4, 0.5) is 0 Å². The number of pyridine rings is 2. The molecule has 0 aliphatic rings. The molecule has 251 valence electrons. The Morgan fingerprint density at radius 2 is 1.55 bits per heavy atom. The molecule has 0 saturated heterocycles. The Morgan fingerprint density at radius 3 is 2.27 bits per heavy atom. The van der Waals surface area contributed by atoms with Crippen LogP contribution >= 0.6 is 0 Å². The van der Waals surface area contributed by atoms with Crippen molar-refractivity contribution in [1.82, 2.24) is 19.5 Å². The summed E-state index contributed by atoms with van der Waals surface area (Å²) in [6, 6.07) is 50.3. The number of benzene rings is 5. The Morgan fingerprint density at radius 1 is 0.745 bits per heavy atom. The number of nitrogens with zero attached hydrogens (tertiary/aromatic N) is 4. The largest absolute Gasteiger partial charge is 0.501 e. The average molecular weight is 842 g/mol. The molecule has 6 heteroatoms. The number of aromatic nitrogens is 4. The first-order valence-corrected chi connectivity index (χ1v) is 16.5. The smallest absolute Gasteiger partial charge is 0.145 e. The number of fused-ring (bicyclic) bond motifs is 4. The second-order valence-electron chi connectivity index (χ2n) is 12.3. The third kappa shape index (κ3) is 6.76. The van der Waals surface area contributed by atoms with Crippen LogP contribution in [-0.2, 0) is 20.1 Å². The molecule has 9 rings (SSSR count). The molecule has 5 aromatic carbocycles. The van der Waals surface area contributed by atoms with Gasteiger partial charge in [-0.3, -0.25) is 4.57 Å². The normalized spacial score (nSPS) is 12.2. The van der Waals surface area contributed by atoms with Gasteiger partial charge in [0, 0.05) is 59.3 Å². The predicted molar refractivity (Wildman–Crippen MR) is 203 cm³/mol. The molecule has 9 aromatic rings. The average Bonchev–Trinajstić information content (AvgIpc) is 3.76. The summed E-state index contributed by atoms with van der Waals surface area (Å²) in [5, 5.41) is 2.10. The molecule has 0 aliphatic heterocycles. The van der Waals surface area contributed by atoms with E-state index in [1.807, 2.05) is 54.7 Å². The summed E-state index contributed by atoms with van der Waals surface area (Å²) < 4.78 is 30.4. The van der Waals surface area contributed by atoms with Crippen molar-refractivity contribution < 1.29 is 28.6 Å². The maximum atomic E-state index is 7.23. The summed E-state index contributed by atoms with van der Waals surface area (Å²) >= 11 is 0. The zero-order valence-corrected chi connectivity index (χ0v) is 30.4. The van der Waals surface area contributed by atoms with E-state index in [2.05, 4.69) is 107 Å². The van der Waals surface area contributed by atoms with Crippen molar-refractivity contribution in [2.75, 3.05) is 0 Å². The summed E-state index contributed by atoms with van der Waals surface area (Å²) in [6.45, 7) is 2.29. The summed E-state index contributed by atoms with van der Waals surface area (Å²) in [5.74, 6) is 1.32. The standard InChI is InChI=1S/C33H24N3O.C12H10N.Ir/c1-21(2)23-16-17-34-28(18-23)26-15-9-14-25-27-19-30-29(20-31(27)37-32(25)26)35-33(22-10-5-3-6-11-22)36(30)24-12-7-4-8-13-24;1-10-7-8-12(13-9-10)11-5-3-2-4-6-11;/h3-14,16-21H,1-2H3;2-5,7-9H,1H3;/q2*-1;/i;1D3;. The van der Waals surface area contributed by atoms with Crippen LogP contribution in [0.15, 0.2) is 150 Å². The third-order valence-electron chi connectivity index (χ3n) is 8.71. The van der Waals surface area contributed by atoms with Gasteiger partial charge in [-0.05, 0) is 54.0 Å². The number of furan rings is 1. The summed E-state index contributed by atoms with van der Waals surface area (Å²) in [6.07, 6.45) is 3.26. The van der Waals surface area contributed by atoms with Crippen LogP contribution in [0.25, 0.3) is 72.6 Å². The Kier molecular flexibility index (Phi) is 8.67. The molecule has 0 amide bonds. The van der Waals surface area contributed by atoms with Crippen LogP contribution < -0.4 is 0 Å². The minimum absolute atomic E-state index is 0. The van der Waals surface area contributed by atoms with E-state index in [1.165, 1.54) is 11.8 Å². The predicted octanol–water partition coefficient (Wildman–Crippen LogP) is 11.4. The molecule has 5 nitrogen and oxygen atoms in total. The summed E-state index contributed by atoms with van der Waals surface area (Å²) in [4.78, 5) is 13.8. The third-order valence-corrected chi connectivity index (χ3v) is 8.71. The molecule has 0 aliphatic carbocycles. The second-order valence-corrected chi connectivity index (χ2v) is 12.3. The van der Waals surface area contributed by atoms with Gasteiger partial charge in [-0.1, -0.05) is 97.1 Å². The fourth-order valence-corrected chi connectivity index (χ4v) is 6.17. The van der Waals surface area contributed by atoms with Crippen molar-refractivity contribution >= 4 is 33.0 Å². The van der Waals surface area contributed by atoms with Crippen LogP contribution in [0.1, 0.15) is 35.0 Å². The molecule has 0 bridgehead atoms. The molecule has 0 atom stereocenters. The number of imidazole rings is 1. The number of para-hydroxylation sites is 1. The van der Waals surface area contributed by atoms with Gasteiger partial charge in [0.1, 0.15) is 11.4 Å². The van der Waals surface area contributed by atoms with Gasteiger partial charge in [0.2, 0.25) is 0 Å². The number of rotatable bonds is 5. The Bertz CT molecular complexity index is 2670. The molecule has 0 saturated carbocycles. The van der Waals surface area contributed by atoms with Crippen LogP contribution in [0.3, 0.4) is 0 Å². The van der Waals surface area contributed by atoms with Gasteiger partial charge in [-0.15, -0.1) is 54.1 Å². The minimum atomic E-state index is -2.09. The molecule has 51 heavy (non-hydrogen) atoms. The number of hydrogen-bond donors (Lipinski definition) is 0. The molecule has 0 unspecified atom stereocenters. The van der Waals surface area contributed by atoms with Gasteiger partial charge in [0.25, 0.3) is 0 Å². The zero-order chi connectivity index (χ0) is 36.5. The molecule has 4 heterocycles. The number of aryl methyl sites for hydroxylation is 1. The van der Waals surface area contributed by atoms with Crippen molar-refractivity contribution in [3.05, 3.63) is 169 Å². The maximum Gasteiger partial charge on any atom is 0.145 e. The Hall–Kier alpha value is -5.68. The van der Waals surface area contributed by atoms with Crippen molar-refractivity contribution in [2.24, 2.45) is 0 Å². The number of hydrogen-bond acceptors (Lipinski definition) is 4. The summed E-state index contributed by atoms with van der Waals surface area (Å²) in [5.41, 5.74) is 10.5. The van der Waals surface area contributed by atoms with Gasteiger partial charge in [0.15, 0.2) is 0 Å². The van der Waals surface area contributed by atoms with Gasteiger partial charge >= 0.3 is 0 Å². The SMILES string of the molecule is CC(C)c1ccnc(-c2[c-]ccc3c2oc2cc4nc(-c5ccccc5)n(-c5ccccc5)c4cc23)c1.[2H]C([2H])([2H])c1ccc(-c2[c-]cccc2)nc1.[Ir]. The molecule has 4 aromatic heterocycles. The van der Waals surface area contributed by atoms with E-state index >= 15 is 0 Å². The van der Waals surface area contributed by atoms with Gasteiger partial charge < -0.3 is 14.4 Å². The van der Waals surface area contributed by atoms with Crippen molar-refractivity contribution in [1.29, 1.82) is 0 Å². The van der Waals surface area contributed by atoms with E-state index in [1.54, 1.807) is 18.2 Å². The second kappa shape index (κ2) is 14.7. The quantitative estimate of drug-likeness (QED) is 0.162. The van der Waals surface area contributed by atoms with E-state index in [0.717, 1.165) is 72.6 Å². The molecule has 0 spiro atoms. The van der Waals surface area contributed by atoms with Crippen LogP contribution in [0, 0.1) is 19.0 Å². The monoisotopic (exact) mass is 842 g/mol. The zero-order valence-electron chi connectivity index (χ0n) is 31.0. The van der Waals surface area contributed by atoms with Crippen LogP contribution in [-0.4, -0.2) is 19.5 Å². The van der Waals surface area contributed by atoms with E-state index in [0.29, 0.717) is 5.92 Å². The molecular weight excluding hydrogens is 805 g/mol. The van der Waals surface area contributed by atoms with Crippen LogP contribution in [0.2, 0.25) is 0 Å². The van der Waals surface area contributed by atoms with Crippen molar-refractivity contribution in [2.45, 2.75) is 26.6 Å². The van der Waals surface area contributed by atoms with Gasteiger partial charge in [-0.2, -0.15) is 0 Å². The van der Waals surface area contributed by atoms with E-state index in [-0.39, 0.29) is 25.7 Å². The van der Waals surface area contributed by atoms with Gasteiger partial charge in [0.05, 0.1) is 16.6 Å². The first kappa shape index (κ1) is 30.2.